The molecule has 0 bridgehead atoms. The minimum absolute atomic E-state index is 0.0500. The van der Waals surface area contributed by atoms with Crippen molar-refractivity contribution >= 4 is 0 Å². The van der Waals surface area contributed by atoms with Crippen molar-refractivity contribution in [2.75, 3.05) is 0 Å². The fourth-order valence-corrected chi connectivity index (χ4v) is 1.30. The van der Waals surface area contributed by atoms with Crippen molar-refractivity contribution in [1.82, 2.24) is 9.55 Å². The molecule has 0 amide bonds. The van der Waals surface area contributed by atoms with Crippen LogP contribution in [0.15, 0.2) is 43.0 Å². The van der Waals surface area contributed by atoms with E-state index in [1.165, 1.54) is 0 Å². The molecular weight excluding hydrogens is 164 g/mol. The highest BCUT2D eigenvalue weighted by Gasteiger charge is 2.00. The van der Waals surface area contributed by atoms with Crippen molar-refractivity contribution in [3.05, 3.63) is 48.5 Å². The molecule has 2 aromatic rings. The lowest BCUT2D eigenvalue weighted by atomic mass is 10.2. The van der Waals surface area contributed by atoms with Crippen molar-refractivity contribution in [3.8, 4) is 5.69 Å². The number of rotatable bonds is 2. The fourth-order valence-electron chi connectivity index (χ4n) is 1.30. The predicted octanol–water partition coefficient (Wildman–Crippen LogP) is 1.36. The summed E-state index contributed by atoms with van der Waals surface area (Å²) in [6, 6.07) is 7.70. The number of nitrogens with zero attached hydrogens (tertiary/aromatic N) is 2. The maximum absolute atomic E-state index is 9.08. The third kappa shape index (κ3) is 1.46. The number of para-hydroxylation sites is 1. The van der Waals surface area contributed by atoms with Gasteiger partial charge in [-0.25, -0.2) is 4.98 Å². The van der Waals surface area contributed by atoms with Gasteiger partial charge in [-0.15, -0.1) is 0 Å². The fraction of sp³-hybridized carbons (Fsp3) is 0.100. The van der Waals surface area contributed by atoms with E-state index < -0.39 is 0 Å². The normalized spacial score (nSPS) is 10.2. The molecule has 3 nitrogen and oxygen atoms in total. The van der Waals surface area contributed by atoms with Gasteiger partial charge in [0.1, 0.15) is 0 Å². The lowest BCUT2D eigenvalue weighted by Gasteiger charge is -2.06. The van der Waals surface area contributed by atoms with Gasteiger partial charge in [-0.3, -0.25) is 0 Å². The van der Waals surface area contributed by atoms with E-state index >= 15 is 0 Å². The maximum Gasteiger partial charge on any atom is 0.0991 e. The number of aliphatic hydroxyl groups is 1. The Morgan fingerprint density at radius 1 is 1.31 bits per heavy atom. The van der Waals surface area contributed by atoms with Gasteiger partial charge in [0.2, 0.25) is 0 Å². The van der Waals surface area contributed by atoms with Crippen molar-refractivity contribution < 1.29 is 5.11 Å². The number of aliphatic hydroxyl groups excluding tert-OH is 1. The number of benzene rings is 1. The van der Waals surface area contributed by atoms with Gasteiger partial charge in [0.05, 0.1) is 18.6 Å². The van der Waals surface area contributed by atoms with E-state index in [1.807, 2.05) is 35.0 Å². The zero-order chi connectivity index (χ0) is 9.10. The van der Waals surface area contributed by atoms with E-state index in [-0.39, 0.29) is 6.61 Å². The monoisotopic (exact) mass is 174 g/mol. The Labute approximate surface area is 76.3 Å². The van der Waals surface area contributed by atoms with Gasteiger partial charge in [-0.05, 0) is 6.07 Å². The first-order chi connectivity index (χ1) is 6.42. The SMILES string of the molecule is OCc1ccccc1-n1ccnc1. The number of hydrogen-bond acceptors (Lipinski definition) is 2. The van der Waals surface area contributed by atoms with Crippen LogP contribution in [0.25, 0.3) is 5.69 Å². The first-order valence-corrected chi connectivity index (χ1v) is 4.09. The lowest BCUT2D eigenvalue weighted by Crippen LogP contribution is -1.96. The highest BCUT2D eigenvalue weighted by Crippen LogP contribution is 2.13. The summed E-state index contributed by atoms with van der Waals surface area (Å²) >= 11 is 0. The van der Waals surface area contributed by atoms with E-state index in [4.69, 9.17) is 5.11 Å². The van der Waals surface area contributed by atoms with Crippen molar-refractivity contribution in [2.45, 2.75) is 6.61 Å². The first-order valence-electron chi connectivity index (χ1n) is 4.09. The van der Waals surface area contributed by atoms with Crippen LogP contribution >= 0.6 is 0 Å². The third-order valence-electron chi connectivity index (χ3n) is 1.94. The highest BCUT2D eigenvalue weighted by molar-refractivity contribution is 5.40. The molecule has 0 radical (unpaired) electrons. The third-order valence-corrected chi connectivity index (χ3v) is 1.94. The Kier molecular flexibility index (Phi) is 2.10. The summed E-state index contributed by atoms with van der Waals surface area (Å²) in [5, 5.41) is 9.08. The highest BCUT2D eigenvalue weighted by atomic mass is 16.3. The molecule has 0 saturated heterocycles. The Morgan fingerprint density at radius 2 is 2.15 bits per heavy atom. The van der Waals surface area contributed by atoms with Crippen LogP contribution in [-0.2, 0) is 6.61 Å². The predicted molar refractivity (Wildman–Crippen MR) is 49.5 cm³/mol. The van der Waals surface area contributed by atoms with Crippen molar-refractivity contribution in [1.29, 1.82) is 0 Å². The van der Waals surface area contributed by atoms with E-state index in [9.17, 15) is 0 Å². The number of aromatic nitrogens is 2. The van der Waals surface area contributed by atoms with Crippen LogP contribution in [0.1, 0.15) is 5.56 Å². The molecule has 66 valence electrons. The van der Waals surface area contributed by atoms with Crippen LogP contribution in [0.4, 0.5) is 0 Å². The van der Waals surface area contributed by atoms with E-state index in [0.717, 1.165) is 11.3 Å². The average Bonchev–Trinajstić information content (AvgIpc) is 2.70. The quantitative estimate of drug-likeness (QED) is 0.746. The van der Waals surface area contributed by atoms with Crippen molar-refractivity contribution in [2.24, 2.45) is 0 Å². The summed E-state index contributed by atoms with van der Waals surface area (Å²) in [6.07, 6.45) is 5.29. The summed E-state index contributed by atoms with van der Waals surface area (Å²) in [4.78, 5) is 3.96. The zero-order valence-electron chi connectivity index (χ0n) is 7.09. The van der Waals surface area contributed by atoms with Crippen LogP contribution < -0.4 is 0 Å². The summed E-state index contributed by atoms with van der Waals surface area (Å²) in [5.41, 5.74) is 1.88. The number of imidazole rings is 1. The molecular formula is C10H10N2O. The molecule has 0 saturated carbocycles. The second-order valence-corrected chi connectivity index (χ2v) is 2.76. The summed E-state index contributed by atoms with van der Waals surface area (Å²) in [6.45, 7) is 0.0500. The smallest absolute Gasteiger partial charge is 0.0991 e. The molecule has 2 rings (SSSR count). The molecule has 13 heavy (non-hydrogen) atoms. The Balaban J connectivity index is 2.51. The zero-order valence-corrected chi connectivity index (χ0v) is 7.09. The molecule has 0 aliphatic heterocycles. The van der Waals surface area contributed by atoms with Gasteiger partial charge in [0.15, 0.2) is 0 Å². The molecule has 0 aliphatic carbocycles. The van der Waals surface area contributed by atoms with Gasteiger partial charge in [-0.1, -0.05) is 18.2 Å². The molecule has 1 aromatic heterocycles. The van der Waals surface area contributed by atoms with E-state index in [2.05, 4.69) is 4.98 Å². The summed E-state index contributed by atoms with van der Waals surface area (Å²) in [5.74, 6) is 0. The lowest BCUT2D eigenvalue weighted by molar-refractivity contribution is 0.281. The summed E-state index contributed by atoms with van der Waals surface area (Å²) in [7, 11) is 0. The van der Waals surface area contributed by atoms with Crippen LogP contribution in [-0.4, -0.2) is 14.7 Å². The standard InChI is InChI=1S/C10H10N2O/c13-7-9-3-1-2-4-10(9)12-6-5-11-8-12/h1-6,8,13H,7H2. The molecule has 1 heterocycles. The second kappa shape index (κ2) is 3.41. The van der Waals surface area contributed by atoms with Gasteiger partial charge < -0.3 is 9.67 Å². The topological polar surface area (TPSA) is 38.0 Å². The van der Waals surface area contributed by atoms with E-state index in [1.54, 1.807) is 12.5 Å². The van der Waals surface area contributed by atoms with E-state index in [0.29, 0.717) is 0 Å². The van der Waals surface area contributed by atoms with Crippen LogP contribution in [0.2, 0.25) is 0 Å². The number of hydrogen-bond donors (Lipinski definition) is 1. The molecule has 0 unspecified atom stereocenters. The minimum atomic E-state index is 0.0500. The first kappa shape index (κ1) is 8.01. The summed E-state index contributed by atoms with van der Waals surface area (Å²) < 4.78 is 1.88. The molecule has 3 heteroatoms. The van der Waals surface area contributed by atoms with Crippen molar-refractivity contribution in [3.63, 3.8) is 0 Å². The maximum atomic E-state index is 9.08. The minimum Gasteiger partial charge on any atom is -0.392 e. The Bertz CT molecular complexity index is 382. The molecule has 0 fully saturated rings. The molecule has 1 N–H and O–H groups in total. The van der Waals surface area contributed by atoms with Crippen LogP contribution in [0.3, 0.4) is 0 Å². The molecule has 0 atom stereocenters. The second-order valence-electron chi connectivity index (χ2n) is 2.76. The molecule has 1 aromatic carbocycles. The Morgan fingerprint density at radius 3 is 2.85 bits per heavy atom. The van der Waals surface area contributed by atoms with Gasteiger partial charge in [0, 0.05) is 18.0 Å². The van der Waals surface area contributed by atoms with Gasteiger partial charge in [-0.2, -0.15) is 0 Å². The average molecular weight is 174 g/mol. The molecule has 0 spiro atoms. The van der Waals surface area contributed by atoms with Crippen LogP contribution in [0, 0.1) is 0 Å². The van der Waals surface area contributed by atoms with Gasteiger partial charge in [0.25, 0.3) is 0 Å². The van der Waals surface area contributed by atoms with Crippen LogP contribution in [0.5, 0.6) is 0 Å². The Hall–Kier alpha value is -1.61. The largest absolute Gasteiger partial charge is 0.392 e. The van der Waals surface area contributed by atoms with Gasteiger partial charge >= 0.3 is 0 Å². The molecule has 0 aliphatic rings.